The van der Waals surface area contributed by atoms with E-state index in [2.05, 4.69) is 15.3 Å². The highest BCUT2D eigenvalue weighted by molar-refractivity contribution is 6.30. The van der Waals surface area contributed by atoms with Crippen molar-refractivity contribution >= 4 is 29.5 Å². The Bertz CT molecular complexity index is 691. The second-order valence-corrected chi connectivity index (χ2v) is 8.26. The maximum absolute atomic E-state index is 11.6. The van der Waals surface area contributed by atoms with Gasteiger partial charge in [0, 0.05) is 35.8 Å². The summed E-state index contributed by atoms with van der Waals surface area (Å²) in [6.07, 6.45) is 8.73. The summed E-state index contributed by atoms with van der Waals surface area (Å²) in [5.41, 5.74) is 6.72. The summed E-state index contributed by atoms with van der Waals surface area (Å²) < 4.78 is 5.21. The fourth-order valence-corrected chi connectivity index (χ4v) is 3.06. The van der Waals surface area contributed by atoms with Crippen LogP contribution < -0.4 is 11.1 Å². The number of hydrogen-bond donors (Lipinski definition) is 2. The van der Waals surface area contributed by atoms with Crippen LogP contribution in [0.1, 0.15) is 52.1 Å². The molecule has 0 atom stereocenters. The lowest BCUT2D eigenvalue weighted by molar-refractivity contribution is 0.0525. The standard InChI is InChI=1S/C20H29ClN4O2/c1-20(2,3)27-19(26)24-7-4-5-14-9-17(10-14)25-13-15(12-22)18-11-16(21)6-8-23-18/h6,8,11-14,17H,4-5,7,9-10,22H2,1-3H3,(H,24,26). The maximum atomic E-state index is 11.6. The van der Waals surface area contributed by atoms with E-state index in [0.29, 0.717) is 23.5 Å². The van der Waals surface area contributed by atoms with E-state index in [0.717, 1.165) is 37.0 Å². The van der Waals surface area contributed by atoms with Crippen LogP contribution in [0.4, 0.5) is 4.79 Å². The molecular formula is C20H29ClN4O2. The molecule has 148 valence electrons. The van der Waals surface area contributed by atoms with Crippen molar-refractivity contribution in [3.63, 3.8) is 0 Å². The molecule has 0 saturated heterocycles. The van der Waals surface area contributed by atoms with E-state index >= 15 is 0 Å². The van der Waals surface area contributed by atoms with Gasteiger partial charge in [0.1, 0.15) is 5.60 Å². The van der Waals surface area contributed by atoms with Gasteiger partial charge < -0.3 is 15.8 Å². The molecule has 0 unspecified atom stereocenters. The molecule has 0 bridgehead atoms. The molecule has 1 amide bonds. The number of carbonyl (C=O) groups is 1. The second kappa shape index (κ2) is 9.74. The Kier molecular flexibility index (Phi) is 7.66. The number of nitrogens with two attached hydrogens (primary N) is 1. The Balaban J connectivity index is 1.65. The Morgan fingerprint density at radius 2 is 2.22 bits per heavy atom. The van der Waals surface area contributed by atoms with Crippen LogP contribution in [-0.4, -0.2) is 35.5 Å². The first-order valence-electron chi connectivity index (χ1n) is 9.30. The first-order chi connectivity index (χ1) is 12.8. The molecule has 7 heteroatoms. The molecule has 1 aromatic heterocycles. The molecule has 0 radical (unpaired) electrons. The fourth-order valence-electron chi connectivity index (χ4n) is 2.90. The summed E-state index contributed by atoms with van der Waals surface area (Å²) in [6, 6.07) is 3.82. The number of ether oxygens (including phenoxy) is 1. The van der Waals surface area contributed by atoms with Gasteiger partial charge in [-0.05, 0) is 64.5 Å². The lowest BCUT2D eigenvalue weighted by atomic mass is 9.78. The third-order valence-electron chi connectivity index (χ3n) is 4.29. The lowest BCUT2D eigenvalue weighted by Crippen LogP contribution is -2.33. The van der Waals surface area contributed by atoms with Crippen molar-refractivity contribution in [3.8, 4) is 0 Å². The molecule has 27 heavy (non-hydrogen) atoms. The Morgan fingerprint density at radius 1 is 1.48 bits per heavy atom. The molecule has 2 rings (SSSR count). The Hall–Kier alpha value is -2.08. The van der Waals surface area contributed by atoms with Crippen molar-refractivity contribution in [2.24, 2.45) is 16.6 Å². The summed E-state index contributed by atoms with van der Waals surface area (Å²) in [7, 11) is 0. The van der Waals surface area contributed by atoms with E-state index in [1.54, 1.807) is 24.5 Å². The van der Waals surface area contributed by atoms with E-state index in [4.69, 9.17) is 22.1 Å². The van der Waals surface area contributed by atoms with Crippen LogP contribution in [-0.2, 0) is 4.74 Å². The van der Waals surface area contributed by atoms with Gasteiger partial charge >= 0.3 is 6.09 Å². The number of allylic oxidation sites excluding steroid dienone is 1. The quantitative estimate of drug-likeness (QED) is 0.537. The SMILES string of the molecule is CC(C)(C)OC(=O)NCCCC1CC(N=CC(=CN)c2cc(Cl)ccn2)C1. The monoisotopic (exact) mass is 392 g/mol. The summed E-state index contributed by atoms with van der Waals surface area (Å²) in [4.78, 5) is 20.4. The van der Waals surface area contributed by atoms with Crippen molar-refractivity contribution in [2.45, 2.75) is 58.1 Å². The number of aliphatic imine (C=N–C) groups is 1. The zero-order valence-electron chi connectivity index (χ0n) is 16.2. The van der Waals surface area contributed by atoms with Gasteiger partial charge in [-0.2, -0.15) is 0 Å². The average Bonchev–Trinajstić information content (AvgIpc) is 2.53. The number of rotatable bonds is 7. The van der Waals surface area contributed by atoms with Crippen LogP contribution in [0.15, 0.2) is 29.5 Å². The van der Waals surface area contributed by atoms with E-state index < -0.39 is 5.60 Å². The van der Waals surface area contributed by atoms with Crippen LogP contribution in [0.2, 0.25) is 5.02 Å². The van der Waals surface area contributed by atoms with Crippen molar-refractivity contribution in [1.29, 1.82) is 0 Å². The summed E-state index contributed by atoms with van der Waals surface area (Å²) >= 11 is 5.99. The van der Waals surface area contributed by atoms with Gasteiger partial charge in [0.2, 0.25) is 0 Å². The topological polar surface area (TPSA) is 89.6 Å². The number of amides is 1. The number of nitrogens with one attached hydrogen (secondary N) is 1. The summed E-state index contributed by atoms with van der Waals surface area (Å²) in [5, 5.41) is 3.42. The molecule has 3 N–H and O–H groups in total. The van der Waals surface area contributed by atoms with Crippen molar-refractivity contribution in [3.05, 3.63) is 35.2 Å². The Labute approximate surface area is 166 Å². The van der Waals surface area contributed by atoms with Crippen molar-refractivity contribution < 1.29 is 9.53 Å². The smallest absolute Gasteiger partial charge is 0.407 e. The van der Waals surface area contributed by atoms with Gasteiger partial charge in [0.05, 0.1) is 11.7 Å². The van der Waals surface area contributed by atoms with Gasteiger partial charge in [-0.15, -0.1) is 0 Å². The minimum absolute atomic E-state index is 0.322. The van der Waals surface area contributed by atoms with Gasteiger partial charge in [-0.25, -0.2) is 4.79 Å². The number of alkyl carbamates (subject to hydrolysis) is 1. The molecule has 1 aromatic rings. The van der Waals surface area contributed by atoms with Crippen LogP contribution in [0.25, 0.3) is 5.57 Å². The van der Waals surface area contributed by atoms with Crippen LogP contribution in [0.5, 0.6) is 0 Å². The lowest BCUT2D eigenvalue weighted by Gasteiger charge is -2.32. The second-order valence-electron chi connectivity index (χ2n) is 7.82. The van der Waals surface area contributed by atoms with E-state index in [9.17, 15) is 4.79 Å². The molecular weight excluding hydrogens is 364 g/mol. The molecule has 6 nitrogen and oxygen atoms in total. The molecule has 1 heterocycles. The van der Waals surface area contributed by atoms with Gasteiger partial charge in [0.15, 0.2) is 0 Å². The molecule has 1 saturated carbocycles. The van der Waals surface area contributed by atoms with E-state index in [-0.39, 0.29) is 6.09 Å². The molecule has 1 fully saturated rings. The Morgan fingerprint density at radius 3 is 2.85 bits per heavy atom. The average molecular weight is 393 g/mol. The molecule has 0 aromatic carbocycles. The predicted molar refractivity (Wildman–Crippen MR) is 110 cm³/mol. The van der Waals surface area contributed by atoms with Crippen LogP contribution in [0, 0.1) is 5.92 Å². The largest absolute Gasteiger partial charge is 0.444 e. The van der Waals surface area contributed by atoms with Crippen LogP contribution >= 0.6 is 11.6 Å². The number of pyridine rings is 1. The third kappa shape index (κ3) is 7.59. The van der Waals surface area contributed by atoms with E-state index in [1.165, 1.54) is 6.20 Å². The predicted octanol–water partition coefficient (Wildman–Crippen LogP) is 4.19. The van der Waals surface area contributed by atoms with Gasteiger partial charge in [0.25, 0.3) is 0 Å². The first kappa shape index (κ1) is 21.2. The number of nitrogens with zero attached hydrogens (tertiary/aromatic N) is 2. The highest BCUT2D eigenvalue weighted by atomic mass is 35.5. The fraction of sp³-hybridized carbons (Fsp3) is 0.550. The number of carbonyl (C=O) groups excluding carboxylic acids is 1. The number of hydrogen-bond acceptors (Lipinski definition) is 5. The van der Waals surface area contributed by atoms with Crippen molar-refractivity contribution in [2.75, 3.05) is 6.54 Å². The molecule has 1 aliphatic rings. The first-order valence-corrected chi connectivity index (χ1v) is 9.68. The van der Waals surface area contributed by atoms with E-state index in [1.807, 2.05) is 20.8 Å². The van der Waals surface area contributed by atoms with Gasteiger partial charge in [-0.3, -0.25) is 9.98 Å². The number of halogens is 1. The van der Waals surface area contributed by atoms with Gasteiger partial charge in [-0.1, -0.05) is 11.6 Å². The third-order valence-corrected chi connectivity index (χ3v) is 4.53. The number of aromatic nitrogens is 1. The zero-order chi connectivity index (χ0) is 19.9. The summed E-state index contributed by atoms with van der Waals surface area (Å²) in [6.45, 7) is 6.21. The normalized spacial score (nSPS) is 20.4. The highest BCUT2D eigenvalue weighted by Gasteiger charge is 2.27. The molecule has 0 spiro atoms. The maximum Gasteiger partial charge on any atom is 0.407 e. The minimum atomic E-state index is -0.458. The molecule has 0 aliphatic heterocycles. The van der Waals surface area contributed by atoms with Crippen LogP contribution in [0.3, 0.4) is 0 Å². The summed E-state index contributed by atoms with van der Waals surface area (Å²) in [5.74, 6) is 0.655. The minimum Gasteiger partial charge on any atom is -0.444 e. The van der Waals surface area contributed by atoms with Crippen molar-refractivity contribution in [1.82, 2.24) is 10.3 Å². The highest BCUT2D eigenvalue weighted by Crippen LogP contribution is 2.33. The zero-order valence-corrected chi connectivity index (χ0v) is 17.0. The molecule has 1 aliphatic carbocycles.